The van der Waals surface area contributed by atoms with Gasteiger partial charge in [0.05, 0.1) is 11.5 Å². The van der Waals surface area contributed by atoms with Gasteiger partial charge < -0.3 is 15.9 Å². The second-order valence-corrected chi connectivity index (χ2v) is 10.4. The Bertz CT molecular complexity index is 1070. The third-order valence-electron chi connectivity index (χ3n) is 6.73. The number of primary amides is 1. The fourth-order valence-electron chi connectivity index (χ4n) is 5.31. The minimum Gasteiger partial charge on any atom is -0.507 e. The number of ketones is 4. The third-order valence-corrected chi connectivity index (χ3v) is 8.29. The van der Waals surface area contributed by atoms with Crippen LogP contribution in [-0.4, -0.2) is 51.1 Å². The quantitative estimate of drug-likeness (QED) is 0.365. The Balaban J connectivity index is 1.82. The number of carbonyl (C=O) groups excluding carboxylic acids is 5. The number of hydrogen-bond donors (Lipinski definition) is 3. The topological polar surface area (TPSA) is 152 Å². The van der Waals surface area contributed by atoms with Crippen LogP contribution >= 0.6 is 34.4 Å². The molecular weight excluding hydrogens is 537 g/mol. The first-order valence-electron chi connectivity index (χ1n) is 9.73. The first-order valence-corrected chi connectivity index (χ1v) is 12.2. The van der Waals surface area contributed by atoms with Gasteiger partial charge >= 0.3 is 0 Å². The maximum atomic E-state index is 13.4. The Morgan fingerprint density at radius 2 is 1.94 bits per heavy atom. The predicted molar refractivity (Wildman–Crippen MR) is 118 cm³/mol. The highest BCUT2D eigenvalue weighted by Crippen LogP contribution is 2.50. The minimum absolute atomic E-state index is 0.0541. The lowest BCUT2D eigenvalue weighted by atomic mass is 9.54. The second-order valence-electron chi connectivity index (χ2n) is 8.39. The number of rotatable bonds is 3. The van der Waals surface area contributed by atoms with Gasteiger partial charge in [-0.1, -0.05) is 0 Å². The average molecular weight is 557 g/mol. The van der Waals surface area contributed by atoms with Crippen LogP contribution in [0.15, 0.2) is 6.07 Å². The summed E-state index contributed by atoms with van der Waals surface area (Å²) in [6, 6.07) is 1.81. The van der Waals surface area contributed by atoms with E-state index in [1.807, 2.05) is 12.3 Å². The van der Waals surface area contributed by atoms with Crippen LogP contribution in [-0.2, 0) is 31.4 Å². The van der Waals surface area contributed by atoms with Crippen molar-refractivity contribution in [3.05, 3.63) is 26.3 Å². The molecule has 4 N–H and O–H groups in total. The molecule has 0 aliphatic heterocycles. The lowest BCUT2D eigenvalue weighted by molar-refractivity contribution is -0.175. The zero-order valence-corrected chi connectivity index (χ0v) is 19.5. The highest BCUT2D eigenvalue weighted by molar-refractivity contribution is 14.1. The van der Waals surface area contributed by atoms with Crippen molar-refractivity contribution in [2.75, 3.05) is 6.26 Å². The van der Waals surface area contributed by atoms with E-state index in [1.54, 1.807) is 0 Å². The van der Waals surface area contributed by atoms with Crippen molar-refractivity contribution >= 4 is 63.4 Å². The van der Waals surface area contributed by atoms with E-state index in [4.69, 9.17) is 5.73 Å². The van der Waals surface area contributed by atoms with E-state index in [0.717, 1.165) is 3.57 Å². The van der Waals surface area contributed by atoms with Crippen molar-refractivity contribution in [2.24, 2.45) is 29.4 Å². The van der Waals surface area contributed by atoms with E-state index in [2.05, 4.69) is 22.6 Å². The molecule has 31 heavy (non-hydrogen) atoms. The number of carbonyl (C=O) groups is 5. The first kappa shape index (κ1) is 22.4. The largest absolute Gasteiger partial charge is 0.507 e. The van der Waals surface area contributed by atoms with Crippen LogP contribution < -0.4 is 5.73 Å². The summed E-state index contributed by atoms with van der Waals surface area (Å²) in [6.45, 7) is 0. The average Bonchev–Trinajstić information content (AvgIpc) is 2.68. The molecule has 4 rings (SSSR count). The molecule has 0 saturated heterocycles. The van der Waals surface area contributed by atoms with Crippen LogP contribution in [0.1, 0.15) is 34.3 Å². The van der Waals surface area contributed by atoms with Crippen molar-refractivity contribution in [1.29, 1.82) is 0 Å². The first-order chi connectivity index (χ1) is 14.5. The Morgan fingerprint density at radius 3 is 2.55 bits per heavy atom. The molecule has 2 saturated carbocycles. The fraction of sp³-hybridized carbons (Fsp3) is 0.476. The Morgan fingerprint density at radius 1 is 1.26 bits per heavy atom. The van der Waals surface area contributed by atoms with E-state index in [9.17, 15) is 34.2 Å². The number of fused-ring (bicyclic) bond motifs is 3. The van der Waals surface area contributed by atoms with Crippen molar-refractivity contribution in [1.82, 2.24) is 0 Å². The number of hydrogen-bond acceptors (Lipinski definition) is 8. The fourth-order valence-corrected chi connectivity index (χ4v) is 6.70. The lowest BCUT2D eigenvalue weighted by Crippen LogP contribution is -2.68. The molecular formula is C21H20INO7S. The Kier molecular flexibility index (Phi) is 5.54. The molecule has 5 unspecified atom stereocenters. The van der Waals surface area contributed by atoms with Gasteiger partial charge in [-0.05, 0) is 59.2 Å². The summed E-state index contributed by atoms with van der Waals surface area (Å²) in [5.74, 6) is -9.26. The molecule has 0 bridgehead atoms. The summed E-state index contributed by atoms with van der Waals surface area (Å²) in [7, 11) is 0. The summed E-state index contributed by atoms with van der Waals surface area (Å²) in [5, 5.41) is 21.9. The van der Waals surface area contributed by atoms with Crippen molar-refractivity contribution in [2.45, 2.75) is 30.6 Å². The molecule has 0 aromatic heterocycles. The summed E-state index contributed by atoms with van der Waals surface area (Å²) in [4.78, 5) is 63.7. The number of halogens is 1. The maximum absolute atomic E-state index is 13.4. The molecule has 0 radical (unpaired) electrons. The van der Waals surface area contributed by atoms with Gasteiger partial charge in [-0.3, -0.25) is 24.0 Å². The van der Waals surface area contributed by atoms with E-state index >= 15 is 0 Å². The molecule has 3 aliphatic rings. The SMILES string of the molecule is CSCc1cc(I)c2c(c1O)C(=O)C1C(=O)C3(O)C(=O)C(C(N)=O)C(=O)CC3CC1C2. The van der Waals surface area contributed by atoms with Gasteiger partial charge in [-0.2, -0.15) is 11.8 Å². The Labute approximate surface area is 195 Å². The van der Waals surface area contributed by atoms with E-state index in [0.29, 0.717) is 23.3 Å². The van der Waals surface area contributed by atoms with Gasteiger partial charge in [0.25, 0.3) is 0 Å². The molecule has 1 aromatic rings. The normalized spacial score (nSPS) is 32.4. The molecule has 1 aromatic carbocycles. The highest BCUT2D eigenvalue weighted by atomic mass is 127. The smallest absolute Gasteiger partial charge is 0.235 e. The number of aliphatic hydroxyl groups is 1. The summed E-state index contributed by atoms with van der Waals surface area (Å²) in [6.07, 6.45) is 1.93. The number of aromatic hydroxyl groups is 1. The van der Waals surface area contributed by atoms with Gasteiger partial charge in [-0.25, -0.2) is 0 Å². The number of phenols is 1. The molecule has 3 aliphatic carbocycles. The molecule has 164 valence electrons. The molecule has 0 heterocycles. The zero-order chi connectivity index (χ0) is 22.8. The molecule has 5 atom stereocenters. The zero-order valence-electron chi connectivity index (χ0n) is 16.5. The number of nitrogens with two attached hydrogens (primary N) is 1. The van der Waals surface area contributed by atoms with Crippen LogP contribution in [0, 0.1) is 27.2 Å². The monoisotopic (exact) mass is 557 g/mol. The van der Waals surface area contributed by atoms with Crippen molar-refractivity contribution in [3.63, 3.8) is 0 Å². The van der Waals surface area contributed by atoms with E-state index in [1.165, 1.54) is 11.8 Å². The number of benzene rings is 1. The van der Waals surface area contributed by atoms with Gasteiger partial charge in [0, 0.05) is 27.2 Å². The lowest BCUT2D eigenvalue weighted by Gasteiger charge is -2.48. The molecule has 2 fully saturated rings. The van der Waals surface area contributed by atoms with Crippen LogP contribution in [0.5, 0.6) is 5.75 Å². The van der Waals surface area contributed by atoms with Crippen molar-refractivity contribution in [3.8, 4) is 5.75 Å². The maximum Gasteiger partial charge on any atom is 0.235 e. The third kappa shape index (κ3) is 3.09. The number of Topliss-reactive ketones (excluding diaryl/α,β-unsaturated/α-hetero) is 4. The number of thioether (sulfide) groups is 1. The van der Waals surface area contributed by atoms with Gasteiger partial charge in [0.15, 0.2) is 34.7 Å². The number of amides is 1. The van der Waals surface area contributed by atoms with Crippen LogP contribution in [0.3, 0.4) is 0 Å². The van der Waals surface area contributed by atoms with Gasteiger partial charge in [0.2, 0.25) is 5.91 Å². The standard InChI is InChI=1S/C21H20INO7S/c1-31-6-8-4-11(22)10-3-7-2-9-5-12(24)15(20(23)29)19(28)21(9,30)18(27)13(7)17(26)14(10)16(8)25/h4,7,9,13,15,25,30H,2-3,5-6H2,1H3,(H2,23,29). The minimum atomic E-state index is -2.61. The number of phenolic OH excluding ortho intramolecular Hbond substituents is 1. The molecule has 0 spiro atoms. The summed E-state index contributed by atoms with van der Waals surface area (Å²) < 4.78 is 0.791. The highest BCUT2D eigenvalue weighted by Gasteiger charge is 2.66. The van der Waals surface area contributed by atoms with Crippen LogP contribution in [0.25, 0.3) is 0 Å². The van der Waals surface area contributed by atoms with E-state index in [-0.39, 0.29) is 24.2 Å². The second kappa shape index (κ2) is 7.66. The van der Waals surface area contributed by atoms with Crippen LogP contribution in [0.4, 0.5) is 0 Å². The summed E-state index contributed by atoms with van der Waals surface area (Å²) in [5.41, 5.74) is 3.82. The Hall–Kier alpha value is -1.79. The van der Waals surface area contributed by atoms with Crippen LogP contribution in [0.2, 0.25) is 0 Å². The van der Waals surface area contributed by atoms with Crippen molar-refractivity contribution < 1.29 is 34.2 Å². The predicted octanol–water partition coefficient (Wildman–Crippen LogP) is 0.794. The van der Waals surface area contributed by atoms with E-state index < -0.39 is 58.3 Å². The van der Waals surface area contributed by atoms with Gasteiger partial charge in [-0.15, -0.1) is 0 Å². The molecule has 10 heteroatoms. The summed E-state index contributed by atoms with van der Waals surface area (Å²) >= 11 is 3.56. The van der Waals surface area contributed by atoms with Gasteiger partial charge in [0.1, 0.15) is 5.75 Å². The molecule has 8 nitrogen and oxygen atoms in total. The molecule has 1 amide bonds.